The maximum absolute atomic E-state index is 12.6. The minimum absolute atomic E-state index is 0.0253. The average Bonchev–Trinajstić information content (AvgIpc) is 2.55. The Bertz CT molecular complexity index is 635. The monoisotopic (exact) mass is 340 g/mol. The predicted octanol–water partition coefficient (Wildman–Crippen LogP) is -0.591. The van der Waals surface area contributed by atoms with Crippen molar-refractivity contribution < 1.29 is 18.1 Å². The maximum Gasteiger partial charge on any atom is 0.278 e. The summed E-state index contributed by atoms with van der Waals surface area (Å²) in [5.74, 6) is 0.0253. The largest absolute Gasteiger partial charge is 0.351 e. The molecule has 2 rings (SSSR count). The van der Waals surface area contributed by atoms with Gasteiger partial charge in [-0.2, -0.15) is 4.31 Å². The Morgan fingerprint density at radius 1 is 1.26 bits per heavy atom. The van der Waals surface area contributed by atoms with Crippen molar-refractivity contribution in [2.45, 2.75) is 31.7 Å². The van der Waals surface area contributed by atoms with Crippen LogP contribution in [0, 0.1) is 6.92 Å². The molecule has 7 heteroatoms. The number of hydrogen-bond donors (Lipinski definition) is 2. The quantitative estimate of drug-likeness (QED) is 0.753. The van der Waals surface area contributed by atoms with Gasteiger partial charge in [0.05, 0.1) is 31.1 Å². The fourth-order valence-corrected chi connectivity index (χ4v) is 4.26. The Morgan fingerprint density at radius 2 is 1.83 bits per heavy atom. The van der Waals surface area contributed by atoms with Crippen LogP contribution in [0.25, 0.3) is 0 Å². The third-order valence-corrected chi connectivity index (χ3v) is 6.29. The molecule has 1 amide bonds. The van der Waals surface area contributed by atoms with Crippen LogP contribution in [-0.4, -0.2) is 57.4 Å². The van der Waals surface area contributed by atoms with Gasteiger partial charge in [-0.15, -0.1) is 0 Å². The molecule has 1 heterocycles. The molecular weight excluding hydrogens is 314 g/mol. The van der Waals surface area contributed by atoms with Crippen LogP contribution in [0.3, 0.4) is 0 Å². The highest BCUT2D eigenvalue weighted by molar-refractivity contribution is 7.89. The van der Waals surface area contributed by atoms with Crippen LogP contribution in [0.15, 0.2) is 29.2 Å². The molecular formula is C16H26N3O3S+. The second-order valence-electron chi connectivity index (χ2n) is 5.99. The maximum atomic E-state index is 12.6. The Kier molecular flexibility index (Phi) is 5.78. The van der Waals surface area contributed by atoms with Crippen molar-refractivity contribution in [1.82, 2.24) is 9.62 Å². The molecule has 1 fully saturated rings. The fraction of sp³-hybridized carbons (Fsp3) is 0.562. The van der Waals surface area contributed by atoms with Crippen LogP contribution in [0.4, 0.5) is 0 Å². The summed E-state index contributed by atoms with van der Waals surface area (Å²) in [6, 6.07) is 6.78. The number of rotatable bonds is 5. The van der Waals surface area contributed by atoms with Gasteiger partial charge in [-0.05, 0) is 32.9 Å². The normalized spacial score (nSPS) is 18.6. The number of carbonyl (C=O) groups excluding carboxylic acids is 1. The molecule has 0 saturated carbocycles. The van der Waals surface area contributed by atoms with Crippen molar-refractivity contribution in [1.29, 1.82) is 0 Å². The Balaban J connectivity index is 2.01. The lowest BCUT2D eigenvalue weighted by Crippen LogP contribution is -3.19. The van der Waals surface area contributed by atoms with Gasteiger partial charge >= 0.3 is 0 Å². The molecule has 0 aromatic heterocycles. The van der Waals surface area contributed by atoms with E-state index in [1.165, 1.54) is 4.31 Å². The zero-order chi connectivity index (χ0) is 17.0. The van der Waals surface area contributed by atoms with Gasteiger partial charge in [0.2, 0.25) is 10.0 Å². The number of benzene rings is 1. The topological polar surface area (TPSA) is 70.9 Å². The molecule has 0 aliphatic carbocycles. The summed E-state index contributed by atoms with van der Waals surface area (Å²) in [5.41, 5.74) is 1.04. The molecule has 6 nitrogen and oxygen atoms in total. The highest BCUT2D eigenvalue weighted by atomic mass is 32.2. The second-order valence-corrected chi connectivity index (χ2v) is 7.93. The van der Waals surface area contributed by atoms with Crippen molar-refractivity contribution in [3.8, 4) is 0 Å². The van der Waals surface area contributed by atoms with E-state index in [0.717, 1.165) is 10.5 Å². The van der Waals surface area contributed by atoms with Gasteiger partial charge < -0.3 is 10.2 Å². The zero-order valence-electron chi connectivity index (χ0n) is 14.0. The minimum Gasteiger partial charge on any atom is -0.351 e. The minimum atomic E-state index is -3.44. The van der Waals surface area contributed by atoms with Crippen LogP contribution in [0.1, 0.15) is 19.4 Å². The third kappa shape index (κ3) is 4.10. The average molecular weight is 340 g/mol. The van der Waals surface area contributed by atoms with Gasteiger partial charge in [-0.3, -0.25) is 4.79 Å². The molecule has 128 valence electrons. The molecule has 1 aliphatic rings. The number of quaternary nitrogens is 1. The molecule has 2 N–H and O–H groups in total. The number of nitrogens with zero attached hydrogens (tertiary/aromatic N) is 1. The van der Waals surface area contributed by atoms with Crippen molar-refractivity contribution in [2.75, 3.05) is 32.7 Å². The molecule has 0 bridgehead atoms. The first-order valence-electron chi connectivity index (χ1n) is 8.05. The molecule has 0 unspecified atom stereocenters. The second kappa shape index (κ2) is 7.42. The molecule has 1 aromatic rings. The van der Waals surface area contributed by atoms with E-state index in [1.54, 1.807) is 12.1 Å². The molecule has 1 saturated heterocycles. The molecule has 1 aliphatic heterocycles. The summed E-state index contributed by atoms with van der Waals surface area (Å²) < 4.78 is 26.8. The number of hydrogen-bond acceptors (Lipinski definition) is 3. The SMILES string of the molecule is CCNC(=O)[C@@H](C)[NH+]1CCN(S(=O)(=O)c2ccc(C)cc2)CC1. The summed E-state index contributed by atoms with van der Waals surface area (Å²) in [4.78, 5) is 13.4. The van der Waals surface area contributed by atoms with Gasteiger partial charge in [-0.25, -0.2) is 8.42 Å². The summed E-state index contributed by atoms with van der Waals surface area (Å²) in [7, 11) is -3.44. The number of aryl methyl sites for hydroxylation is 1. The number of carbonyl (C=O) groups is 1. The standard InChI is InChI=1S/C16H25N3O3S/c1-4-17-16(20)14(3)18-9-11-19(12-10-18)23(21,22)15-7-5-13(2)6-8-15/h5-8,14H,4,9-12H2,1-3H3,(H,17,20)/p+1/t14-/m1/s1. The lowest BCUT2D eigenvalue weighted by molar-refractivity contribution is -0.917. The van der Waals surface area contributed by atoms with Crippen molar-refractivity contribution in [3.63, 3.8) is 0 Å². The first-order valence-corrected chi connectivity index (χ1v) is 9.49. The van der Waals surface area contributed by atoms with Gasteiger partial charge in [0, 0.05) is 6.54 Å². The van der Waals surface area contributed by atoms with E-state index < -0.39 is 10.0 Å². The predicted molar refractivity (Wildman–Crippen MR) is 88.8 cm³/mol. The van der Waals surface area contributed by atoms with E-state index in [4.69, 9.17) is 0 Å². The van der Waals surface area contributed by atoms with Gasteiger partial charge in [0.25, 0.3) is 5.91 Å². The molecule has 1 aromatic carbocycles. The van der Waals surface area contributed by atoms with Crippen molar-refractivity contribution >= 4 is 15.9 Å². The van der Waals surface area contributed by atoms with Gasteiger partial charge in [0.1, 0.15) is 0 Å². The molecule has 1 atom stereocenters. The van der Waals surface area contributed by atoms with E-state index in [-0.39, 0.29) is 11.9 Å². The first kappa shape index (κ1) is 17.9. The van der Waals surface area contributed by atoms with Crippen LogP contribution < -0.4 is 10.2 Å². The summed E-state index contributed by atoms with van der Waals surface area (Å²) in [6.07, 6.45) is 0. The number of sulfonamides is 1. The molecule has 23 heavy (non-hydrogen) atoms. The van der Waals surface area contributed by atoms with Crippen molar-refractivity contribution in [3.05, 3.63) is 29.8 Å². The highest BCUT2D eigenvalue weighted by Gasteiger charge is 2.34. The van der Waals surface area contributed by atoms with Crippen molar-refractivity contribution in [2.24, 2.45) is 0 Å². The lowest BCUT2D eigenvalue weighted by Gasteiger charge is -2.34. The summed E-state index contributed by atoms with van der Waals surface area (Å²) in [5, 5.41) is 2.82. The first-order chi connectivity index (χ1) is 10.9. The van der Waals surface area contributed by atoms with Crippen LogP contribution in [-0.2, 0) is 14.8 Å². The zero-order valence-corrected chi connectivity index (χ0v) is 14.8. The van der Waals surface area contributed by atoms with E-state index in [0.29, 0.717) is 37.6 Å². The van der Waals surface area contributed by atoms with E-state index in [2.05, 4.69) is 5.32 Å². The van der Waals surface area contributed by atoms with Gasteiger partial charge in [-0.1, -0.05) is 17.7 Å². The number of likely N-dealkylation sites (N-methyl/N-ethyl adjacent to an activating group) is 1. The summed E-state index contributed by atoms with van der Waals surface area (Å²) in [6.45, 7) is 8.50. The highest BCUT2D eigenvalue weighted by Crippen LogP contribution is 2.16. The lowest BCUT2D eigenvalue weighted by atomic mass is 10.2. The van der Waals surface area contributed by atoms with Crippen LogP contribution in [0.2, 0.25) is 0 Å². The number of amides is 1. The van der Waals surface area contributed by atoms with Crippen LogP contribution >= 0.6 is 0 Å². The van der Waals surface area contributed by atoms with E-state index >= 15 is 0 Å². The molecule has 0 radical (unpaired) electrons. The van der Waals surface area contributed by atoms with E-state index in [1.807, 2.05) is 32.9 Å². The van der Waals surface area contributed by atoms with Crippen LogP contribution in [0.5, 0.6) is 0 Å². The van der Waals surface area contributed by atoms with Gasteiger partial charge in [0.15, 0.2) is 6.04 Å². The third-order valence-electron chi connectivity index (χ3n) is 4.38. The number of nitrogens with one attached hydrogen (secondary N) is 2. The smallest absolute Gasteiger partial charge is 0.278 e. The molecule has 0 spiro atoms. The summed E-state index contributed by atoms with van der Waals surface area (Å²) >= 11 is 0. The Hall–Kier alpha value is -1.44. The Labute approximate surface area is 138 Å². The fourth-order valence-electron chi connectivity index (χ4n) is 2.82. The van der Waals surface area contributed by atoms with E-state index in [9.17, 15) is 13.2 Å². The number of piperazine rings is 1. The Morgan fingerprint density at radius 3 is 2.35 bits per heavy atom.